The highest BCUT2D eigenvalue weighted by Crippen LogP contribution is 2.32. The summed E-state index contributed by atoms with van der Waals surface area (Å²) in [5.74, 6) is 0. The van der Waals surface area contributed by atoms with Gasteiger partial charge in [0.25, 0.3) is 0 Å². The SMILES string of the molecule is FC(F)(F)CC[C@H](c1ccc2[nH]ccc2c1)N1CCNCC1. The van der Waals surface area contributed by atoms with E-state index in [0.29, 0.717) is 0 Å². The number of fused-ring (bicyclic) bond motifs is 1. The van der Waals surface area contributed by atoms with Crippen molar-refractivity contribution in [1.82, 2.24) is 15.2 Å². The molecule has 0 bridgehead atoms. The fraction of sp³-hybridized carbons (Fsp3) is 0.500. The number of hydrogen-bond acceptors (Lipinski definition) is 2. The summed E-state index contributed by atoms with van der Waals surface area (Å²) in [5.41, 5.74) is 1.98. The number of aromatic amines is 1. The van der Waals surface area contributed by atoms with Crippen molar-refractivity contribution in [2.45, 2.75) is 25.1 Å². The van der Waals surface area contributed by atoms with Gasteiger partial charge in [0.15, 0.2) is 0 Å². The predicted molar refractivity (Wildman–Crippen MR) is 80.8 cm³/mol. The molecule has 1 fully saturated rings. The molecule has 2 heterocycles. The summed E-state index contributed by atoms with van der Waals surface area (Å²) < 4.78 is 38.0. The fourth-order valence-electron chi connectivity index (χ4n) is 3.13. The molecular weight excluding hydrogens is 291 g/mol. The van der Waals surface area contributed by atoms with Crippen LogP contribution in [0.25, 0.3) is 10.9 Å². The molecule has 0 saturated carbocycles. The van der Waals surface area contributed by atoms with E-state index in [2.05, 4.69) is 15.2 Å². The lowest BCUT2D eigenvalue weighted by Gasteiger charge is -2.35. The molecule has 0 unspecified atom stereocenters. The van der Waals surface area contributed by atoms with Crippen molar-refractivity contribution in [1.29, 1.82) is 0 Å². The molecule has 3 nitrogen and oxygen atoms in total. The minimum absolute atomic E-state index is 0.111. The second kappa shape index (κ2) is 6.30. The van der Waals surface area contributed by atoms with Gasteiger partial charge < -0.3 is 10.3 Å². The van der Waals surface area contributed by atoms with Crippen molar-refractivity contribution in [3.05, 3.63) is 36.0 Å². The van der Waals surface area contributed by atoms with Gasteiger partial charge in [-0.1, -0.05) is 6.07 Å². The molecule has 3 rings (SSSR count). The minimum Gasteiger partial charge on any atom is -0.361 e. The van der Waals surface area contributed by atoms with Crippen LogP contribution in [0, 0.1) is 0 Å². The normalized spacial score (nSPS) is 18.7. The Balaban J connectivity index is 1.85. The van der Waals surface area contributed by atoms with Crippen LogP contribution in [0.4, 0.5) is 13.2 Å². The van der Waals surface area contributed by atoms with Crippen LogP contribution in [0.15, 0.2) is 30.5 Å². The van der Waals surface area contributed by atoms with Gasteiger partial charge in [0.2, 0.25) is 0 Å². The molecule has 2 N–H and O–H groups in total. The molecule has 0 aliphatic carbocycles. The summed E-state index contributed by atoms with van der Waals surface area (Å²) in [5, 5.41) is 4.30. The van der Waals surface area contributed by atoms with Gasteiger partial charge in [0.1, 0.15) is 0 Å². The average molecular weight is 311 g/mol. The van der Waals surface area contributed by atoms with E-state index in [-0.39, 0.29) is 12.5 Å². The third-order valence-corrected chi connectivity index (χ3v) is 4.26. The first-order valence-electron chi connectivity index (χ1n) is 7.61. The minimum atomic E-state index is -4.11. The summed E-state index contributed by atoms with van der Waals surface area (Å²) >= 11 is 0. The monoisotopic (exact) mass is 311 g/mol. The van der Waals surface area contributed by atoms with Crippen LogP contribution in [0.1, 0.15) is 24.4 Å². The largest absolute Gasteiger partial charge is 0.389 e. The highest BCUT2D eigenvalue weighted by molar-refractivity contribution is 5.80. The Bertz CT molecular complexity index is 614. The lowest BCUT2D eigenvalue weighted by Crippen LogP contribution is -2.45. The summed E-state index contributed by atoms with van der Waals surface area (Å²) in [6.45, 7) is 3.23. The maximum absolute atomic E-state index is 12.7. The molecule has 22 heavy (non-hydrogen) atoms. The van der Waals surface area contributed by atoms with Crippen LogP contribution >= 0.6 is 0 Å². The second-order valence-corrected chi connectivity index (χ2v) is 5.78. The Hall–Kier alpha value is -1.53. The highest BCUT2D eigenvalue weighted by Gasteiger charge is 2.31. The Labute approximate surface area is 127 Å². The fourth-order valence-corrected chi connectivity index (χ4v) is 3.13. The third-order valence-electron chi connectivity index (χ3n) is 4.26. The molecular formula is C16H20F3N3. The molecule has 1 aliphatic heterocycles. The molecule has 120 valence electrons. The van der Waals surface area contributed by atoms with Gasteiger partial charge in [-0.25, -0.2) is 0 Å². The molecule has 6 heteroatoms. The lowest BCUT2D eigenvalue weighted by molar-refractivity contribution is -0.138. The highest BCUT2D eigenvalue weighted by atomic mass is 19.4. The molecule has 0 amide bonds. The summed E-state index contributed by atoms with van der Waals surface area (Å²) in [6, 6.07) is 7.69. The number of rotatable bonds is 4. The molecule has 2 aromatic rings. The van der Waals surface area contributed by atoms with Crippen molar-refractivity contribution in [3.63, 3.8) is 0 Å². The summed E-state index contributed by atoms with van der Waals surface area (Å²) in [4.78, 5) is 5.28. The first-order chi connectivity index (χ1) is 10.5. The van der Waals surface area contributed by atoms with Crippen LogP contribution in [0.2, 0.25) is 0 Å². The number of aromatic nitrogens is 1. The summed E-state index contributed by atoms with van der Waals surface area (Å²) in [6.07, 6.45) is -2.89. The molecule has 1 atom stereocenters. The molecule has 1 aromatic carbocycles. The average Bonchev–Trinajstić information content (AvgIpc) is 2.95. The number of benzene rings is 1. The number of hydrogen-bond donors (Lipinski definition) is 2. The van der Waals surface area contributed by atoms with E-state index in [1.165, 1.54) is 0 Å². The Morgan fingerprint density at radius 3 is 2.64 bits per heavy atom. The molecule has 1 saturated heterocycles. The van der Waals surface area contributed by atoms with Crippen LogP contribution in [-0.2, 0) is 0 Å². The van der Waals surface area contributed by atoms with Gasteiger partial charge >= 0.3 is 6.18 Å². The van der Waals surface area contributed by atoms with E-state index in [0.717, 1.165) is 42.6 Å². The Morgan fingerprint density at radius 2 is 1.91 bits per heavy atom. The van der Waals surface area contributed by atoms with E-state index in [1.54, 1.807) is 0 Å². The number of alkyl halides is 3. The van der Waals surface area contributed by atoms with Gasteiger partial charge in [-0.15, -0.1) is 0 Å². The quantitative estimate of drug-likeness (QED) is 0.906. The number of nitrogens with one attached hydrogen (secondary N) is 2. The topological polar surface area (TPSA) is 31.1 Å². The zero-order valence-corrected chi connectivity index (χ0v) is 12.3. The Kier molecular flexibility index (Phi) is 4.40. The van der Waals surface area contributed by atoms with Gasteiger partial charge in [0, 0.05) is 50.4 Å². The van der Waals surface area contributed by atoms with Gasteiger partial charge in [-0.3, -0.25) is 4.90 Å². The maximum Gasteiger partial charge on any atom is 0.389 e. The third kappa shape index (κ3) is 3.62. The van der Waals surface area contributed by atoms with Gasteiger partial charge in [-0.2, -0.15) is 13.2 Å². The van der Waals surface area contributed by atoms with E-state index >= 15 is 0 Å². The smallest absolute Gasteiger partial charge is 0.361 e. The van der Waals surface area contributed by atoms with Crippen molar-refractivity contribution in [3.8, 4) is 0 Å². The van der Waals surface area contributed by atoms with E-state index in [1.807, 2.05) is 30.5 Å². The van der Waals surface area contributed by atoms with Crippen molar-refractivity contribution < 1.29 is 13.2 Å². The Morgan fingerprint density at radius 1 is 1.14 bits per heavy atom. The van der Waals surface area contributed by atoms with Crippen LogP contribution in [-0.4, -0.2) is 42.2 Å². The zero-order valence-electron chi connectivity index (χ0n) is 12.3. The molecule has 1 aliphatic rings. The maximum atomic E-state index is 12.7. The predicted octanol–water partition coefficient (Wildman–Crippen LogP) is 3.46. The van der Waals surface area contributed by atoms with Crippen molar-refractivity contribution in [2.24, 2.45) is 0 Å². The number of H-pyrrole nitrogens is 1. The van der Waals surface area contributed by atoms with Crippen LogP contribution in [0.3, 0.4) is 0 Å². The van der Waals surface area contributed by atoms with E-state index in [9.17, 15) is 13.2 Å². The van der Waals surface area contributed by atoms with Gasteiger partial charge in [-0.05, 0) is 35.6 Å². The lowest BCUT2D eigenvalue weighted by atomic mass is 9.98. The number of piperazine rings is 1. The zero-order chi connectivity index (χ0) is 15.6. The summed E-state index contributed by atoms with van der Waals surface area (Å²) in [7, 11) is 0. The van der Waals surface area contributed by atoms with Crippen LogP contribution < -0.4 is 5.32 Å². The molecule has 0 radical (unpaired) electrons. The van der Waals surface area contributed by atoms with E-state index < -0.39 is 12.6 Å². The molecule has 1 aromatic heterocycles. The number of halogens is 3. The van der Waals surface area contributed by atoms with Crippen molar-refractivity contribution in [2.75, 3.05) is 26.2 Å². The first kappa shape index (κ1) is 15.4. The first-order valence-corrected chi connectivity index (χ1v) is 7.61. The number of nitrogens with zero attached hydrogens (tertiary/aromatic N) is 1. The second-order valence-electron chi connectivity index (χ2n) is 5.78. The van der Waals surface area contributed by atoms with E-state index in [4.69, 9.17) is 0 Å². The van der Waals surface area contributed by atoms with Gasteiger partial charge in [0.05, 0.1) is 0 Å². The standard InChI is InChI=1S/C16H20F3N3/c17-16(18,19)5-3-15(22-9-7-20-8-10-22)13-1-2-14-12(11-13)4-6-21-14/h1-2,4,6,11,15,20-21H,3,5,7-10H2/t15-/m1/s1. The van der Waals surface area contributed by atoms with Crippen molar-refractivity contribution >= 4 is 10.9 Å². The van der Waals surface area contributed by atoms with Crippen LogP contribution in [0.5, 0.6) is 0 Å². The molecule has 0 spiro atoms.